The minimum atomic E-state index is -3.44. The molecule has 0 aromatic heterocycles. The zero-order valence-corrected chi connectivity index (χ0v) is 14.0. The first-order valence-electron chi connectivity index (χ1n) is 8.14. The van der Waals surface area contributed by atoms with Gasteiger partial charge in [0.2, 0.25) is 15.9 Å². The van der Waals surface area contributed by atoms with E-state index in [1.807, 2.05) is 4.90 Å². The van der Waals surface area contributed by atoms with Crippen LogP contribution < -0.4 is 5.32 Å². The Bertz CT molecular complexity index is 634. The topological polar surface area (TPSA) is 69.7 Å². The van der Waals surface area contributed by atoms with Crippen LogP contribution in [-0.2, 0) is 14.8 Å². The molecule has 3 rings (SSSR count). The van der Waals surface area contributed by atoms with Crippen LogP contribution in [0.4, 0.5) is 0 Å². The van der Waals surface area contributed by atoms with Crippen LogP contribution in [0.15, 0.2) is 35.2 Å². The summed E-state index contributed by atoms with van der Waals surface area (Å²) < 4.78 is 26.7. The highest BCUT2D eigenvalue weighted by atomic mass is 32.2. The van der Waals surface area contributed by atoms with E-state index in [1.54, 1.807) is 30.3 Å². The molecule has 2 aliphatic heterocycles. The first kappa shape index (κ1) is 16.4. The predicted octanol–water partition coefficient (Wildman–Crippen LogP) is 0.519. The van der Waals surface area contributed by atoms with E-state index in [9.17, 15) is 13.2 Å². The fourth-order valence-corrected chi connectivity index (χ4v) is 4.72. The van der Waals surface area contributed by atoms with Crippen LogP contribution in [-0.4, -0.2) is 62.8 Å². The first-order valence-corrected chi connectivity index (χ1v) is 9.58. The van der Waals surface area contributed by atoms with Crippen molar-refractivity contribution >= 4 is 15.9 Å². The number of nitrogens with one attached hydrogen (secondary N) is 1. The summed E-state index contributed by atoms with van der Waals surface area (Å²) in [5.41, 5.74) is 0. The van der Waals surface area contributed by atoms with Crippen molar-refractivity contribution in [2.24, 2.45) is 5.92 Å². The molecule has 23 heavy (non-hydrogen) atoms. The van der Waals surface area contributed by atoms with Crippen molar-refractivity contribution in [3.05, 3.63) is 30.3 Å². The molecule has 0 aliphatic carbocycles. The molecule has 0 spiro atoms. The molecule has 2 heterocycles. The number of carbonyl (C=O) groups is 1. The average Bonchev–Trinajstić information content (AvgIpc) is 2.63. The van der Waals surface area contributed by atoms with Crippen LogP contribution in [0, 0.1) is 5.92 Å². The summed E-state index contributed by atoms with van der Waals surface area (Å²) in [6.07, 6.45) is 1.21. The fraction of sp³-hybridized carbons (Fsp3) is 0.562. The molecular formula is C16H23N3O3S. The van der Waals surface area contributed by atoms with E-state index in [0.29, 0.717) is 30.8 Å². The lowest BCUT2D eigenvalue weighted by atomic mass is 9.96. The van der Waals surface area contributed by atoms with Gasteiger partial charge < -0.3 is 10.2 Å². The van der Waals surface area contributed by atoms with Crippen molar-refractivity contribution in [3.8, 4) is 0 Å². The van der Waals surface area contributed by atoms with Gasteiger partial charge in [-0.3, -0.25) is 4.79 Å². The summed E-state index contributed by atoms with van der Waals surface area (Å²) in [6.45, 7) is 4.02. The molecule has 126 valence electrons. The molecule has 1 aromatic rings. The Hall–Kier alpha value is -1.44. The largest absolute Gasteiger partial charge is 0.340 e. The van der Waals surface area contributed by atoms with Gasteiger partial charge in [0.1, 0.15) is 0 Å². The molecule has 1 aromatic carbocycles. The Morgan fingerprint density at radius 3 is 2.22 bits per heavy atom. The van der Waals surface area contributed by atoms with Crippen LogP contribution in [0.25, 0.3) is 0 Å². The van der Waals surface area contributed by atoms with Gasteiger partial charge in [0.05, 0.1) is 4.90 Å². The Labute approximate surface area is 137 Å². The highest BCUT2D eigenvalue weighted by molar-refractivity contribution is 7.89. The third-order valence-electron chi connectivity index (χ3n) is 4.61. The van der Waals surface area contributed by atoms with Gasteiger partial charge in [0.25, 0.3) is 0 Å². The number of carbonyl (C=O) groups excluding carboxylic acids is 1. The summed E-state index contributed by atoms with van der Waals surface area (Å²) in [5, 5.41) is 3.24. The summed E-state index contributed by atoms with van der Waals surface area (Å²) in [5.74, 6) is 0.138. The van der Waals surface area contributed by atoms with Crippen molar-refractivity contribution in [3.63, 3.8) is 0 Å². The summed E-state index contributed by atoms with van der Waals surface area (Å²) in [7, 11) is -3.44. The second-order valence-corrected chi connectivity index (χ2v) is 8.00. The van der Waals surface area contributed by atoms with Gasteiger partial charge in [-0.1, -0.05) is 18.2 Å². The lowest BCUT2D eigenvalue weighted by Gasteiger charge is -2.35. The van der Waals surface area contributed by atoms with E-state index in [1.165, 1.54) is 4.31 Å². The molecule has 2 aliphatic rings. The van der Waals surface area contributed by atoms with Crippen LogP contribution in [0.3, 0.4) is 0 Å². The Morgan fingerprint density at radius 1 is 1.00 bits per heavy atom. The smallest absolute Gasteiger partial charge is 0.243 e. The van der Waals surface area contributed by atoms with Crippen molar-refractivity contribution in [1.29, 1.82) is 0 Å². The summed E-state index contributed by atoms with van der Waals surface area (Å²) in [6, 6.07) is 8.50. The molecule has 0 atom stereocenters. The monoisotopic (exact) mass is 337 g/mol. The summed E-state index contributed by atoms with van der Waals surface area (Å²) in [4.78, 5) is 14.7. The molecular weight excluding hydrogens is 314 g/mol. The number of rotatable bonds is 3. The van der Waals surface area contributed by atoms with Gasteiger partial charge in [0.15, 0.2) is 0 Å². The summed E-state index contributed by atoms with van der Waals surface area (Å²) >= 11 is 0. The molecule has 2 fully saturated rings. The van der Waals surface area contributed by atoms with Crippen molar-refractivity contribution in [1.82, 2.24) is 14.5 Å². The van der Waals surface area contributed by atoms with Crippen molar-refractivity contribution in [2.45, 2.75) is 17.7 Å². The maximum absolute atomic E-state index is 12.6. The minimum Gasteiger partial charge on any atom is -0.340 e. The number of benzene rings is 1. The number of hydrogen-bond donors (Lipinski definition) is 1. The highest BCUT2D eigenvalue weighted by Gasteiger charge is 2.33. The standard InChI is InChI=1S/C16H23N3O3S/c20-16(18-12-8-17-9-13-18)14-6-10-19(11-7-14)23(21,22)15-4-2-1-3-5-15/h1-5,14,17H,6-13H2. The molecule has 7 heteroatoms. The van der Waals surface area contributed by atoms with Crippen molar-refractivity contribution in [2.75, 3.05) is 39.3 Å². The second-order valence-electron chi connectivity index (χ2n) is 6.07. The number of amides is 1. The number of hydrogen-bond acceptors (Lipinski definition) is 4. The third kappa shape index (κ3) is 3.57. The predicted molar refractivity (Wildman–Crippen MR) is 87.4 cm³/mol. The third-order valence-corrected chi connectivity index (χ3v) is 6.53. The number of piperidine rings is 1. The van der Waals surface area contributed by atoms with Crippen molar-refractivity contribution < 1.29 is 13.2 Å². The Kier molecular flexibility index (Phi) is 4.99. The van der Waals surface area contributed by atoms with E-state index in [4.69, 9.17) is 0 Å². The fourth-order valence-electron chi connectivity index (χ4n) is 3.23. The zero-order valence-electron chi connectivity index (χ0n) is 13.1. The zero-order chi connectivity index (χ0) is 16.3. The lowest BCUT2D eigenvalue weighted by molar-refractivity contribution is -0.137. The van der Waals surface area contributed by atoms with Crippen LogP contribution in [0.1, 0.15) is 12.8 Å². The van der Waals surface area contributed by atoms with Gasteiger partial charge in [0, 0.05) is 45.2 Å². The molecule has 2 saturated heterocycles. The van der Waals surface area contributed by atoms with Gasteiger partial charge in [-0.25, -0.2) is 8.42 Å². The first-order chi connectivity index (χ1) is 11.1. The maximum atomic E-state index is 12.6. The molecule has 0 unspecified atom stereocenters. The molecule has 0 radical (unpaired) electrons. The second kappa shape index (κ2) is 6.98. The van der Waals surface area contributed by atoms with E-state index in [0.717, 1.165) is 26.2 Å². The number of nitrogens with zero attached hydrogens (tertiary/aromatic N) is 2. The van der Waals surface area contributed by atoms with Crippen LogP contribution >= 0.6 is 0 Å². The van der Waals surface area contributed by atoms with E-state index < -0.39 is 10.0 Å². The molecule has 0 saturated carbocycles. The molecule has 1 N–H and O–H groups in total. The highest BCUT2D eigenvalue weighted by Crippen LogP contribution is 2.25. The quantitative estimate of drug-likeness (QED) is 0.873. The molecule has 0 bridgehead atoms. The van der Waals surface area contributed by atoms with Crippen LogP contribution in [0.5, 0.6) is 0 Å². The van der Waals surface area contributed by atoms with Crippen LogP contribution in [0.2, 0.25) is 0 Å². The van der Waals surface area contributed by atoms with E-state index in [2.05, 4.69) is 5.32 Å². The van der Waals surface area contributed by atoms with E-state index in [-0.39, 0.29) is 11.8 Å². The Morgan fingerprint density at radius 2 is 1.61 bits per heavy atom. The SMILES string of the molecule is O=C(C1CCN(S(=O)(=O)c2ccccc2)CC1)N1CCNCC1. The van der Waals surface area contributed by atoms with Gasteiger partial charge in [-0.15, -0.1) is 0 Å². The lowest BCUT2D eigenvalue weighted by Crippen LogP contribution is -2.50. The Balaban J connectivity index is 1.61. The van der Waals surface area contributed by atoms with Gasteiger partial charge in [-0.05, 0) is 25.0 Å². The molecule has 1 amide bonds. The minimum absolute atomic E-state index is 0.0460. The van der Waals surface area contributed by atoms with E-state index >= 15 is 0 Å². The normalized spacial score (nSPS) is 21.3. The number of piperazine rings is 1. The molecule has 6 nitrogen and oxygen atoms in total. The van der Waals surface area contributed by atoms with Gasteiger partial charge in [-0.2, -0.15) is 4.31 Å². The average molecular weight is 337 g/mol. The van der Waals surface area contributed by atoms with Gasteiger partial charge >= 0.3 is 0 Å². The maximum Gasteiger partial charge on any atom is 0.243 e. The number of sulfonamides is 1.